The molecule has 0 fully saturated rings. The molecular formula is C24H28N3O2S+. The van der Waals surface area contributed by atoms with Crippen LogP contribution in [0.5, 0.6) is 0 Å². The van der Waals surface area contributed by atoms with Gasteiger partial charge in [0.05, 0.1) is 11.6 Å². The third-order valence-corrected chi connectivity index (χ3v) is 6.42. The van der Waals surface area contributed by atoms with E-state index >= 15 is 0 Å². The smallest absolute Gasteiger partial charge is 0.260 e. The molecule has 4 rings (SSSR count). The fourth-order valence-electron chi connectivity index (χ4n) is 3.84. The number of nitrogens with two attached hydrogens (primary N) is 1. The third kappa shape index (κ3) is 4.11. The fraction of sp³-hybridized carbons (Fsp3) is 0.333. The quantitative estimate of drug-likeness (QED) is 0.448. The van der Waals surface area contributed by atoms with Gasteiger partial charge in [0.25, 0.3) is 5.56 Å². The van der Waals surface area contributed by atoms with E-state index in [1.807, 2.05) is 17.5 Å². The summed E-state index contributed by atoms with van der Waals surface area (Å²) in [5.74, 6) is 2.37. The number of aromatic amines is 1. The molecule has 1 aromatic carbocycles. The number of thiophene rings is 1. The minimum atomic E-state index is -0.113. The van der Waals surface area contributed by atoms with Gasteiger partial charge < -0.3 is 14.7 Å². The lowest BCUT2D eigenvalue weighted by Gasteiger charge is -2.20. The Hall–Kier alpha value is -2.70. The third-order valence-electron chi connectivity index (χ3n) is 5.55. The lowest BCUT2D eigenvalue weighted by Crippen LogP contribution is -2.85. The van der Waals surface area contributed by atoms with Crippen LogP contribution in [0.1, 0.15) is 56.6 Å². The van der Waals surface area contributed by atoms with Crippen LogP contribution < -0.4 is 10.9 Å². The highest BCUT2D eigenvalue weighted by Gasteiger charge is 2.21. The predicted molar refractivity (Wildman–Crippen MR) is 122 cm³/mol. The lowest BCUT2D eigenvalue weighted by molar-refractivity contribution is -0.718. The molecule has 3 N–H and O–H groups in total. The highest BCUT2D eigenvalue weighted by atomic mass is 32.1. The maximum Gasteiger partial charge on any atom is 0.260 e. The van der Waals surface area contributed by atoms with Crippen molar-refractivity contribution in [1.29, 1.82) is 0 Å². The molecule has 0 aliphatic carbocycles. The molecule has 0 amide bonds. The van der Waals surface area contributed by atoms with E-state index < -0.39 is 0 Å². The van der Waals surface area contributed by atoms with Crippen molar-refractivity contribution >= 4 is 21.6 Å². The van der Waals surface area contributed by atoms with E-state index in [4.69, 9.17) is 9.40 Å². The highest BCUT2D eigenvalue weighted by molar-refractivity contribution is 7.17. The van der Waals surface area contributed by atoms with Crippen LogP contribution in [0.4, 0.5) is 0 Å². The molecule has 0 bridgehead atoms. The molecule has 0 unspecified atom stereocenters. The van der Waals surface area contributed by atoms with Crippen molar-refractivity contribution < 1.29 is 9.73 Å². The van der Waals surface area contributed by atoms with Gasteiger partial charge in [-0.3, -0.25) is 4.79 Å². The van der Waals surface area contributed by atoms with Crippen LogP contribution in [0.2, 0.25) is 0 Å². The Labute approximate surface area is 180 Å². The summed E-state index contributed by atoms with van der Waals surface area (Å²) in [4.78, 5) is 21.2. The van der Waals surface area contributed by atoms with Crippen molar-refractivity contribution in [3.05, 3.63) is 75.3 Å². The van der Waals surface area contributed by atoms with Gasteiger partial charge in [-0.2, -0.15) is 0 Å². The van der Waals surface area contributed by atoms with E-state index in [2.05, 4.69) is 62.3 Å². The van der Waals surface area contributed by atoms with Gasteiger partial charge in [0.15, 0.2) is 5.82 Å². The van der Waals surface area contributed by atoms with E-state index in [1.165, 1.54) is 22.5 Å². The number of furan rings is 1. The molecule has 0 spiro atoms. The summed E-state index contributed by atoms with van der Waals surface area (Å²) in [6.45, 7) is 9.49. The number of hydrogen-bond donors (Lipinski definition) is 2. The Morgan fingerprint density at radius 2 is 1.83 bits per heavy atom. The minimum Gasteiger partial charge on any atom is -0.464 e. The summed E-state index contributed by atoms with van der Waals surface area (Å²) in [6, 6.07) is 12.9. The first-order valence-corrected chi connectivity index (χ1v) is 11.3. The maximum absolute atomic E-state index is 12.8. The molecule has 0 aliphatic rings. The van der Waals surface area contributed by atoms with Crippen LogP contribution in [-0.2, 0) is 6.54 Å². The van der Waals surface area contributed by atoms with Gasteiger partial charge in [-0.15, -0.1) is 11.3 Å². The zero-order chi connectivity index (χ0) is 21.3. The summed E-state index contributed by atoms with van der Waals surface area (Å²) >= 11 is 1.48. The normalized spacial score (nSPS) is 12.9. The second kappa shape index (κ2) is 8.58. The van der Waals surface area contributed by atoms with E-state index in [-0.39, 0.29) is 5.56 Å². The topological polar surface area (TPSA) is 75.5 Å². The van der Waals surface area contributed by atoms with Gasteiger partial charge in [0.2, 0.25) is 0 Å². The van der Waals surface area contributed by atoms with Crippen molar-refractivity contribution in [1.82, 2.24) is 9.97 Å². The van der Waals surface area contributed by atoms with Gasteiger partial charge in [0, 0.05) is 22.4 Å². The maximum atomic E-state index is 12.8. The number of rotatable bonds is 7. The molecule has 156 valence electrons. The molecule has 3 aromatic heterocycles. The number of nitrogens with zero attached hydrogens (tertiary/aromatic N) is 1. The number of benzene rings is 1. The fourth-order valence-corrected chi connectivity index (χ4v) is 4.79. The van der Waals surface area contributed by atoms with Crippen molar-refractivity contribution in [3.63, 3.8) is 0 Å². The molecule has 6 heteroatoms. The molecule has 0 aliphatic heterocycles. The molecule has 5 nitrogen and oxygen atoms in total. The molecule has 0 saturated carbocycles. The van der Waals surface area contributed by atoms with E-state index in [0.29, 0.717) is 41.4 Å². The van der Waals surface area contributed by atoms with Crippen LogP contribution in [0.15, 0.2) is 57.3 Å². The van der Waals surface area contributed by atoms with E-state index in [9.17, 15) is 4.79 Å². The zero-order valence-corrected chi connectivity index (χ0v) is 18.6. The van der Waals surface area contributed by atoms with Crippen LogP contribution in [0.3, 0.4) is 0 Å². The highest BCUT2D eigenvalue weighted by Crippen LogP contribution is 2.30. The van der Waals surface area contributed by atoms with Gasteiger partial charge >= 0.3 is 0 Å². The Balaban J connectivity index is 1.56. The summed E-state index contributed by atoms with van der Waals surface area (Å²) in [5.41, 5.74) is 3.34. The number of nitrogens with one attached hydrogen (secondary N) is 1. The largest absolute Gasteiger partial charge is 0.464 e. The summed E-state index contributed by atoms with van der Waals surface area (Å²) in [7, 11) is 0. The van der Waals surface area contributed by atoms with Gasteiger partial charge in [-0.05, 0) is 23.6 Å². The Morgan fingerprint density at radius 1 is 1.10 bits per heavy atom. The average Bonchev–Trinajstić information content (AvgIpc) is 3.38. The summed E-state index contributed by atoms with van der Waals surface area (Å²) in [6.07, 6.45) is 1.61. The first-order chi connectivity index (χ1) is 14.4. The number of quaternary nitrogens is 1. The number of aromatic nitrogens is 2. The SMILES string of the molecule is CC(C)c1ccc([C@H]([NH2+]Cc2nc3scc(-c4ccco4)c3c(=O)[nH]2)C(C)C)cc1. The Morgan fingerprint density at radius 3 is 2.47 bits per heavy atom. The standard InChI is InChI=1S/C24H27N3O2S/c1-14(2)16-7-9-17(10-8-16)22(15(3)4)25-12-20-26-23(28)21-18(13-30-24(21)27-20)19-6-5-11-29-19/h5-11,13-15,22,25H,12H2,1-4H3,(H,26,27,28)/p+1/t22-/m1/s1. The average molecular weight is 423 g/mol. The second-order valence-electron chi connectivity index (χ2n) is 8.35. The zero-order valence-electron chi connectivity index (χ0n) is 17.8. The van der Waals surface area contributed by atoms with Gasteiger partial charge in [-0.1, -0.05) is 52.0 Å². The van der Waals surface area contributed by atoms with E-state index in [1.54, 1.807) is 6.26 Å². The number of fused-ring (bicyclic) bond motifs is 1. The number of H-pyrrole nitrogens is 1. The molecule has 30 heavy (non-hydrogen) atoms. The van der Waals surface area contributed by atoms with Gasteiger partial charge in [-0.25, -0.2) is 4.98 Å². The van der Waals surface area contributed by atoms with Crippen LogP contribution in [-0.4, -0.2) is 9.97 Å². The van der Waals surface area contributed by atoms with Crippen LogP contribution in [0.25, 0.3) is 21.5 Å². The number of hydrogen-bond acceptors (Lipinski definition) is 4. The molecular weight excluding hydrogens is 394 g/mol. The Kier molecular flexibility index (Phi) is 5.88. The predicted octanol–water partition coefficient (Wildman–Crippen LogP) is 4.83. The van der Waals surface area contributed by atoms with Gasteiger partial charge in [0.1, 0.15) is 23.2 Å². The van der Waals surface area contributed by atoms with E-state index in [0.717, 1.165) is 10.4 Å². The summed E-state index contributed by atoms with van der Waals surface area (Å²) in [5, 5.41) is 4.80. The first-order valence-electron chi connectivity index (χ1n) is 10.4. The molecule has 0 saturated heterocycles. The lowest BCUT2D eigenvalue weighted by atomic mass is 9.93. The Bertz CT molecular complexity index is 1170. The van der Waals surface area contributed by atoms with Crippen molar-refractivity contribution in [2.45, 2.75) is 46.2 Å². The molecule has 3 heterocycles. The van der Waals surface area contributed by atoms with Crippen molar-refractivity contribution in [3.8, 4) is 11.3 Å². The molecule has 4 aromatic rings. The summed E-state index contributed by atoms with van der Waals surface area (Å²) < 4.78 is 5.47. The van der Waals surface area contributed by atoms with Crippen molar-refractivity contribution in [2.24, 2.45) is 5.92 Å². The molecule has 0 radical (unpaired) electrons. The monoisotopic (exact) mass is 422 g/mol. The minimum absolute atomic E-state index is 0.113. The van der Waals surface area contributed by atoms with Crippen LogP contribution in [0, 0.1) is 5.92 Å². The van der Waals surface area contributed by atoms with Crippen LogP contribution >= 0.6 is 11.3 Å². The molecule has 1 atom stereocenters. The van der Waals surface area contributed by atoms with Crippen molar-refractivity contribution in [2.75, 3.05) is 0 Å². The first kappa shape index (κ1) is 20.6. The second-order valence-corrected chi connectivity index (χ2v) is 9.21.